The predicted octanol–water partition coefficient (Wildman–Crippen LogP) is 3.11. The van der Waals surface area contributed by atoms with Crippen molar-refractivity contribution in [2.45, 2.75) is 19.8 Å². The lowest BCUT2D eigenvalue weighted by atomic mass is 9.96. The van der Waals surface area contributed by atoms with Crippen LogP contribution < -0.4 is 5.32 Å². The molecule has 88 valence electrons. The number of fused-ring (bicyclic) bond motifs is 1. The molecule has 1 aromatic carbocycles. The molecule has 0 saturated heterocycles. The number of H-pyrrole nitrogens is 1. The number of aromatic nitrogens is 1. The maximum Gasteiger partial charge on any atom is 0.0463 e. The molecule has 0 aliphatic carbocycles. The molecule has 2 aromatic rings. The van der Waals surface area contributed by atoms with Crippen molar-refractivity contribution in [1.29, 1.82) is 0 Å². The molecule has 0 spiro atoms. The lowest BCUT2D eigenvalue weighted by molar-refractivity contribution is 0.739. The Morgan fingerprint density at radius 2 is 2.24 bits per heavy atom. The molecule has 0 fully saturated rings. The van der Waals surface area contributed by atoms with E-state index in [1.54, 1.807) is 0 Å². The standard InChI is InChI=1S/C15H18N2/c1-2-11-4-3-5-14-15(11)13(10-17-14)12-6-8-16-9-7-12/h3-6,10,16-17H,2,7-9H2,1H3. The highest BCUT2D eigenvalue weighted by Crippen LogP contribution is 2.30. The van der Waals surface area contributed by atoms with Gasteiger partial charge in [-0.25, -0.2) is 0 Å². The third-order valence-corrected chi connectivity index (χ3v) is 3.58. The zero-order chi connectivity index (χ0) is 11.7. The first kappa shape index (κ1) is 10.6. The Labute approximate surface area is 102 Å². The van der Waals surface area contributed by atoms with E-state index in [4.69, 9.17) is 0 Å². The topological polar surface area (TPSA) is 27.8 Å². The number of aryl methyl sites for hydroxylation is 1. The summed E-state index contributed by atoms with van der Waals surface area (Å²) >= 11 is 0. The third-order valence-electron chi connectivity index (χ3n) is 3.58. The first-order valence-electron chi connectivity index (χ1n) is 6.39. The summed E-state index contributed by atoms with van der Waals surface area (Å²) in [7, 11) is 0. The van der Waals surface area contributed by atoms with Crippen LogP contribution in [0.4, 0.5) is 0 Å². The van der Waals surface area contributed by atoms with Crippen LogP contribution in [-0.2, 0) is 6.42 Å². The van der Waals surface area contributed by atoms with E-state index in [1.165, 1.54) is 27.6 Å². The Bertz CT molecular complexity index is 563. The largest absolute Gasteiger partial charge is 0.361 e. The molecule has 2 heterocycles. The van der Waals surface area contributed by atoms with Crippen molar-refractivity contribution in [1.82, 2.24) is 10.3 Å². The second-order valence-electron chi connectivity index (χ2n) is 4.58. The minimum Gasteiger partial charge on any atom is -0.361 e. The van der Waals surface area contributed by atoms with E-state index in [0.29, 0.717) is 0 Å². The molecule has 2 heteroatoms. The highest BCUT2D eigenvalue weighted by molar-refractivity contribution is 5.95. The molecule has 2 N–H and O–H groups in total. The van der Waals surface area contributed by atoms with Gasteiger partial charge in [-0.2, -0.15) is 0 Å². The molecule has 2 nitrogen and oxygen atoms in total. The monoisotopic (exact) mass is 226 g/mol. The van der Waals surface area contributed by atoms with Crippen LogP contribution in [0.15, 0.2) is 30.5 Å². The minimum atomic E-state index is 0.996. The Morgan fingerprint density at radius 3 is 3.00 bits per heavy atom. The summed E-state index contributed by atoms with van der Waals surface area (Å²) < 4.78 is 0. The SMILES string of the molecule is CCc1cccc2[nH]cc(C3=CCNCC3)c12. The zero-order valence-electron chi connectivity index (χ0n) is 10.2. The predicted molar refractivity (Wildman–Crippen MR) is 73.1 cm³/mol. The summed E-state index contributed by atoms with van der Waals surface area (Å²) in [6.07, 6.45) is 6.71. The smallest absolute Gasteiger partial charge is 0.0463 e. The molecule has 0 saturated carbocycles. The van der Waals surface area contributed by atoms with Gasteiger partial charge in [0.2, 0.25) is 0 Å². The van der Waals surface area contributed by atoms with Crippen LogP contribution in [0, 0.1) is 0 Å². The lowest BCUT2D eigenvalue weighted by Gasteiger charge is -2.14. The summed E-state index contributed by atoms with van der Waals surface area (Å²) in [6.45, 7) is 4.31. The Morgan fingerprint density at radius 1 is 1.29 bits per heavy atom. The van der Waals surface area contributed by atoms with E-state index in [2.05, 4.69) is 47.7 Å². The van der Waals surface area contributed by atoms with Gasteiger partial charge < -0.3 is 10.3 Å². The fourth-order valence-electron chi connectivity index (χ4n) is 2.68. The van der Waals surface area contributed by atoms with Crippen molar-refractivity contribution >= 4 is 16.5 Å². The maximum absolute atomic E-state index is 3.40. The van der Waals surface area contributed by atoms with Crippen molar-refractivity contribution in [3.8, 4) is 0 Å². The number of hydrogen-bond acceptors (Lipinski definition) is 1. The molecular weight excluding hydrogens is 208 g/mol. The average Bonchev–Trinajstić information content (AvgIpc) is 2.83. The van der Waals surface area contributed by atoms with Gasteiger partial charge in [0.25, 0.3) is 0 Å². The molecule has 0 radical (unpaired) electrons. The van der Waals surface area contributed by atoms with E-state index in [-0.39, 0.29) is 0 Å². The van der Waals surface area contributed by atoms with Gasteiger partial charge in [0.15, 0.2) is 0 Å². The summed E-state index contributed by atoms with van der Waals surface area (Å²) in [4.78, 5) is 3.40. The lowest BCUT2D eigenvalue weighted by Crippen LogP contribution is -2.19. The molecule has 0 bridgehead atoms. The number of hydrogen-bond donors (Lipinski definition) is 2. The minimum absolute atomic E-state index is 0.996. The molecule has 1 aliphatic heterocycles. The van der Waals surface area contributed by atoms with Gasteiger partial charge in [-0.1, -0.05) is 25.1 Å². The van der Waals surface area contributed by atoms with Crippen LogP contribution in [0.25, 0.3) is 16.5 Å². The quantitative estimate of drug-likeness (QED) is 0.809. The van der Waals surface area contributed by atoms with E-state index < -0.39 is 0 Å². The first-order chi connectivity index (χ1) is 8.40. The van der Waals surface area contributed by atoms with E-state index in [1.807, 2.05) is 0 Å². The van der Waals surface area contributed by atoms with Gasteiger partial charge in [0.1, 0.15) is 0 Å². The van der Waals surface area contributed by atoms with Crippen molar-refractivity contribution in [3.63, 3.8) is 0 Å². The van der Waals surface area contributed by atoms with Crippen molar-refractivity contribution < 1.29 is 0 Å². The van der Waals surface area contributed by atoms with Crippen molar-refractivity contribution in [3.05, 3.63) is 41.6 Å². The van der Waals surface area contributed by atoms with Crippen LogP contribution in [0.5, 0.6) is 0 Å². The highest BCUT2D eigenvalue weighted by Gasteiger charge is 2.12. The number of aromatic amines is 1. The van der Waals surface area contributed by atoms with Crippen LogP contribution in [0.2, 0.25) is 0 Å². The summed E-state index contributed by atoms with van der Waals surface area (Å²) in [5.74, 6) is 0. The van der Waals surface area contributed by atoms with Gasteiger partial charge in [0, 0.05) is 29.2 Å². The van der Waals surface area contributed by atoms with E-state index in [0.717, 1.165) is 25.9 Å². The normalized spacial score (nSPS) is 16.2. The van der Waals surface area contributed by atoms with Gasteiger partial charge in [0.05, 0.1) is 0 Å². The second-order valence-corrected chi connectivity index (χ2v) is 4.58. The molecule has 0 atom stereocenters. The molecule has 0 unspecified atom stereocenters. The highest BCUT2D eigenvalue weighted by atomic mass is 14.8. The fraction of sp³-hybridized carbons (Fsp3) is 0.333. The number of rotatable bonds is 2. The zero-order valence-corrected chi connectivity index (χ0v) is 10.2. The summed E-state index contributed by atoms with van der Waals surface area (Å²) in [6, 6.07) is 6.54. The van der Waals surface area contributed by atoms with E-state index >= 15 is 0 Å². The summed E-state index contributed by atoms with van der Waals surface area (Å²) in [5, 5.41) is 4.79. The summed E-state index contributed by atoms with van der Waals surface area (Å²) in [5.41, 5.74) is 5.59. The Balaban J connectivity index is 2.19. The van der Waals surface area contributed by atoms with Crippen molar-refractivity contribution in [2.24, 2.45) is 0 Å². The van der Waals surface area contributed by atoms with Gasteiger partial charge in [-0.15, -0.1) is 0 Å². The molecule has 0 amide bonds. The second kappa shape index (κ2) is 4.38. The number of benzene rings is 1. The first-order valence-corrected chi connectivity index (χ1v) is 6.39. The molecule has 3 rings (SSSR count). The van der Waals surface area contributed by atoms with Crippen molar-refractivity contribution in [2.75, 3.05) is 13.1 Å². The molecule has 17 heavy (non-hydrogen) atoms. The average molecular weight is 226 g/mol. The van der Waals surface area contributed by atoms with Gasteiger partial charge >= 0.3 is 0 Å². The fourth-order valence-corrected chi connectivity index (χ4v) is 2.68. The van der Waals surface area contributed by atoms with Crippen LogP contribution in [0.3, 0.4) is 0 Å². The third kappa shape index (κ3) is 1.79. The van der Waals surface area contributed by atoms with Crippen LogP contribution >= 0.6 is 0 Å². The van der Waals surface area contributed by atoms with Crippen LogP contribution in [-0.4, -0.2) is 18.1 Å². The Kier molecular flexibility index (Phi) is 2.73. The van der Waals surface area contributed by atoms with E-state index in [9.17, 15) is 0 Å². The number of nitrogens with one attached hydrogen (secondary N) is 2. The molecular formula is C15H18N2. The van der Waals surface area contributed by atoms with Gasteiger partial charge in [-0.3, -0.25) is 0 Å². The molecule has 1 aliphatic rings. The Hall–Kier alpha value is -1.54. The molecule has 1 aromatic heterocycles. The van der Waals surface area contributed by atoms with Crippen LogP contribution in [0.1, 0.15) is 24.5 Å². The maximum atomic E-state index is 3.40. The van der Waals surface area contributed by atoms with Gasteiger partial charge in [-0.05, 0) is 36.6 Å².